The zero-order chi connectivity index (χ0) is 21.3. The number of benzene rings is 2. The smallest absolute Gasteiger partial charge is 0.253 e. The molecule has 0 saturated heterocycles. The molecule has 0 fully saturated rings. The molecule has 0 aliphatic heterocycles. The Morgan fingerprint density at radius 3 is 2.43 bits per heavy atom. The number of aromatic hydroxyl groups is 2. The Kier molecular flexibility index (Phi) is 4.89. The van der Waals surface area contributed by atoms with Gasteiger partial charge in [-0.2, -0.15) is 4.39 Å². The predicted molar refractivity (Wildman–Crippen MR) is 111 cm³/mol. The normalized spacial score (nSPS) is 10.8. The van der Waals surface area contributed by atoms with Crippen LogP contribution in [0.25, 0.3) is 11.3 Å². The second-order valence-corrected chi connectivity index (χ2v) is 6.63. The molecular weight excluding hydrogens is 389 g/mol. The Labute approximate surface area is 169 Å². The molecule has 1 aromatic heterocycles. The number of rotatable bonds is 6. The van der Waals surface area contributed by atoms with Gasteiger partial charge in [-0.1, -0.05) is 18.2 Å². The fourth-order valence-corrected chi connectivity index (χ4v) is 3.06. The molecule has 30 heavy (non-hydrogen) atoms. The highest BCUT2D eigenvalue weighted by Gasteiger charge is 2.21. The van der Waals surface area contributed by atoms with Crippen molar-refractivity contribution < 1.29 is 14.6 Å². The minimum absolute atomic E-state index is 0.0870. The first-order valence-corrected chi connectivity index (χ1v) is 9.00. The van der Waals surface area contributed by atoms with Crippen LogP contribution in [-0.2, 0) is 6.54 Å². The van der Waals surface area contributed by atoms with Gasteiger partial charge in [0.25, 0.3) is 10.9 Å². The zero-order valence-corrected chi connectivity index (χ0v) is 15.5. The lowest BCUT2D eigenvalue weighted by Crippen LogP contribution is -2.36. The van der Waals surface area contributed by atoms with Gasteiger partial charge in [0.15, 0.2) is 0 Å². The van der Waals surface area contributed by atoms with E-state index in [4.69, 9.17) is 0 Å². The van der Waals surface area contributed by atoms with Crippen LogP contribution in [0.2, 0.25) is 0 Å². The first-order chi connectivity index (χ1) is 14.4. The summed E-state index contributed by atoms with van der Waals surface area (Å²) in [5.41, 5.74) is 0.538. The summed E-state index contributed by atoms with van der Waals surface area (Å²) in [5, 5.41) is 25.4. The van der Waals surface area contributed by atoms with Crippen LogP contribution in [0.15, 0.2) is 70.3 Å². The summed E-state index contributed by atoms with van der Waals surface area (Å²) < 4.78 is 13.4. The van der Waals surface area contributed by atoms with Gasteiger partial charge in [0.05, 0.1) is 5.69 Å². The van der Waals surface area contributed by atoms with E-state index >= 15 is 0 Å². The Balaban J connectivity index is 1.58. The summed E-state index contributed by atoms with van der Waals surface area (Å²) in [4.78, 5) is 27.8. The molecule has 150 valence electrons. The topological polar surface area (TPSA) is 112 Å². The van der Waals surface area contributed by atoms with E-state index in [2.05, 4.69) is 15.6 Å². The third-order valence-electron chi connectivity index (χ3n) is 4.55. The number of phenols is 2. The highest BCUT2D eigenvalue weighted by Crippen LogP contribution is 2.32. The Morgan fingerprint density at radius 1 is 0.900 bits per heavy atom. The second kappa shape index (κ2) is 7.67. The van der Waals surface area contributed by atoms with E-state index in [1.165, 1.54) is 36.4 Å². The van der Waals surface area contributed by atoms with Crippen LogP contribution < -0.4 is 21.5 Å². The SMILES string of the molecule is O=c1c(NCc2cccc(O)c2)c(Nc2ccc(O)c(-c3cccc(F)n3)c2)c1=O. The van der Waals surface area contributed by atoms with E-state index in [0.29, 0.717) is 5.69 Å². The Hall–Kier alpha value is -4.20. The Bertz CT molecular complexity index is 1310. The van der Waals surface area contributed by atoms with Crippen molar-refractivity contribution in [1.82, 2.24) is 4.98 Å². The summed E-state index contributed by atoms with van der Waals surface area (Å²) >= 11 is 0. The number of hydrogen-bond acceptors (Lipinski definition) is 7. The van der Waals surface area contributed by atoms with Crippen LogP contribution >= 0.6 is 0 Å². The van der Waals surface area contributed by atoms with Crippen molar-refractivity contribution >= 4 is 17.1 Å². The maximum atomic E-state index is 13.4. The van der Waals surface area contributed by atoms with E-state index in [9.17, 15) is 24.2 Å². The predicted octanol–water partition coefficient (Wildman–Crippen LogP) is 3.25. The third-order valence-corrected chi connectivity index (χ3v) is 4.55. The van der Waals surface area contributed by atoms with Gasteiger partial charge in [-0.25, -0.2) is 4.98 Å². The lowest BCUT2D eigenvalue weighted by molar-refractivity contribution is 0.474. The number of hydrogen-bond donors (Lipinski definition) is 4. The lowest BCUT2D eigenvalue weighted by Gasteiger charge is -2.16. The van der Waals surface area contributed by atoms with E-state index < -0.39 is 16.8 Å². The summed E-state index contributed by atoms with van der Waals surface area (Å²) in [7, 11) is 0. The number of nitrogens with one attached hydrogen (secondary N) is 2. The monoisotopic (exact) mass is 405 g/mol. The molecule has 0 aliphatic carbocycles. The van der Waals surface area contributed by atoms with Crippen LogP contribution in [0.3, 0.4) is 0 Å². The molecule has 8 heteroatoms. The van der Waals surface area contributed by atoms with Crippen molar-refractivity contribution in [2.24, 2.45) is 0 Å². The van der Waals surface area contributed by atoms with Gasteiger partial charge in [0.2, 0.25) is 5.95 Å². The van der Waals surface area contributed by atoms with Crippen LogP contribution in [0.1, 0.15) is 5.56 Å². The van der Waals surface area contributed by atoms with Crippen molar-refractivity contribution in [3.63, 3.8) is 0 Å². The summed E-state index contributed by atoms with van der Waals surface area (Å²) in [6.07, 6.45) is 0. The highest BCUT2D eigenvalue weighted by atomic mass is 19.1. The van der Waals surface area contributed by atoms with Gasteiger partial charge < -0.3 is 20.8 Å². The molecule has 0 unspecified atom stereocenters. The summed E-state index contributed by atoms with van der Waals surface area (Å²) in [5.74, 6) is -0.697. The fraction of sp³-hybridized carbons (Fsp3) is 0.0455. The average molecular weight is 405 g/mol. The summed E-state index contributed by atoms with van der Waals surface area (Å²) in [6, 6.07) is 15.1. The van der Waals surface area contributed by atoms with Crippen molar-refractivity contribution in [2.45, 2.75) is 6.54 Å². The quantitative estimate of drug-likeness (QED) is 0.221. The number of anilines is 3. The minimum Gasteiger partial charge on any atom is -0.508 e. The zero-order valence-electron chi connectivity index (χ0n) is 15.5. The van der Waals surface area contributed by atoms with Gasteiger partial charge in [-0.15, -0.1) is 0 Å². The van der Waals surface area contributed by atoms with Crippen molar-refractivity contribution in [1.29, 1.82) is 0 Å². The van der Waals surface area contributed by atoms with Gasteiger partial charge in [-0.05, 0) is 48.0 Å². The Morgan fingerprint density at radius 2 is 1.67 bits per heavy atom. The van der Waals surface area contributed by atoms with Crippen molar-refractivity contribution in [2.75, 3.05) is 10.6 Å². The number of nitrogens with zero attached hydrogens (tertiary/aromatic N) is 1. The molecule has 0 radical (unpaired) electrons. The van der Waals surface area contributed by atoms with Crippen molar-refractivity contribution in [3.8, 4) is 22.8 Å². The van der Waals surface area contributed by atoms with Gasteiger partial charge in [0.1, 0.15) is 22.9 Å². The lowest BCUT2D eigenvalue weighted by atomic mass is 10.1. The van der Waals surface area contributed by atoms with E-state index in [1.807, 2.05) is 0 Å². The molecule has 7 nitrogen and oxygen atoms in total. The maximum absolute atomic E-state index is 13.4. The molecule has 4 rings (SSSR count). The molecular formula is C22H16FN3O4. The fourth-order valence-electron chi connectivity index (χ4n) is 3.06. The number of aromatic nitrogens is 1. The van der Waals surface area contributed by atoms with Crippen LogP contribution in [0.5, 0.6) is 11.5 Å². The third kappa shape index (κ3) is 3.70. The average Bonchev–Trinajstić information content (AvgIpc) is 2.74. The van der Waals surface area contributed by atoms with Crippen molar-refractivity contribution in [3.05, 3.63) is 92.6 Å². The molecule has 0 bridgehead atoms. The van der Waals surface area contributed by atoms with Gasteiger partial charge in [0, 0.05) is 17.8 Å². The van der Waals surface area contributed by atoms with E-state index in [0.717, 1.165) is 5.56 Å². The highest BCUT2D eigenvalue weighted by molar-refractivity contribution is 5.81. The molecule has 0 aliphatic rings. The largest absolute Gasteiger partial charge is 0.508 e. The number of halogens is 1. The molecule has 0 spiro atoms. The van der Waals surface area contributed by atoms with Gasteiger partial charge >= 0.3 is 0 Å². The molecule has 1 heterocycles. The summed E-state index contributed by atoms with van der Waals surface area (Å²) in [6.45, 7) is 0.238. The maximum Gasteiger partial charge on any atom is 0.253 e. The van der Waals surface area contributed by atoms with Gasteiger partial charge in [-0.3, -0.25) is 9.59 Å². The van der Waals surface area contributed by atoms with Crippen LogP contribution in [-0.4, -0.2) is 15.2 Å². The van der Waals surface area contributed by atoms with E-state index in [1.54, 1.807) is 24.3 Å². The molecule has 0 amide bonds. The molecule has 0 saturated carbocycles. The first kappa shape index (κ1) is 19.1. The molecule has 4 N–H and O–H groups in total. The van der Waals surface area contributed by atoms with Crippen LogP contribution in [0.4, 0.5) is 21.5 Å². The standard InChI is InChI=1S/C22H16FN3O4/c23-18-6-2-5-16(26-18)15-10-13(7-8-17(15)28)25-20-19(21(29)22(20)30)24-11-12-3-1-4-14(27)9-12/h1-10,24-25,27-28H,11H2. The first-order valence-electron chi connectivity index (χ1n) is 9.00. The molecule has 0 atom stereocenters. The number of phenolic OH excluding ortho intramolecular Hbond substituents is 2. The minimum atomic E-state index is -0.689. The number of pyridine rings is 1. The van der Waals surface area contributed by atoms with E-state index in [-0.39, 0.29) is 40.7 Å². The second-order valence-electron chi connectivity index (χ2n) is 6.63. The van der Waals surface area contributed by atoms with Crippen LogP contribution in [0, 0.1) is 5.95 Å². The molecule has 3 aromatic carbocycles. The molecule has 4 aromatic rings.